The van der Waals surface area contributed by atoms with E-state index in [-0.39, 0.29) is 5.91 Å². The van der Waals surface area contributed by atoms with Gasteiger partial charge in [0.1, 0.15) is 6.26 Å². The molecule has 0 unspecified atom stereocenters. The molecule has 0 saturated heterocycles. The molecule has 5 heteroatoms. The number of amides is 1. The summed E-state index contributed by atoms with van der Waals surface area (Å²) >= 11 is 0. The van der Waals surface area contributed by atoms with Gasteiger partial charge in [-0.2, -0.15) is 0 Å². The van der Waals surface area contributed by atoms with Crippen LogP contribution >= 0.6 is 0 Å². The molecule has 0 aromatic carbocycles. The molecule has 1 aromatic heterocycles. The van der Waals surface area contributed by atoms with E-state index in [2.05, 4.69) is 10.3 Å². The summed E-state index contributed by atoms with van der Waals surface area (Å²) in [5.41, 5.74) is 0.323. The Balaban J connectivity index is 2.19. The predicted octanol–water partition coefficient (Wildman–Crippen LogP) is 1.14. The standard InChI is InChI=1S/C10H16N2O3/c1-3-14-6-4-5-11-10(13)9-7-15-8(2)12-9/h7H,3-6H2,1-2H3,(H,11,13). The van der Waals surface area contributed by atoms with Gasteiger partial charge in [0.05, 0.1) is 0 Å². The third-order valence-electron chi connectivity index (χ3n) is 1.81. The number of nitrogens with one attached hydrogen (secondary N) is 1. The first-order chi connectivity index (χ1) is 7.24. The zero-order chi connectivity index (χ0) is 11.1. The molecule has 5 nitrogen and oxygen atoms in total. The molecule has 1 aromatic rings. The van der Waals surface area contributed by atoms with Gasteiger partial charge >= 0.3 is 0 Å². The maximum atomic E-state index is 11.4. The third kappa shape index (κ3) is 4.12. The summed E-state index contributed by atoms with van der Waals surface area (Å²) in [5, 5.41) is 2.73. The Kier molecular flexibility index (Phi) is 4.83. The van der Waals surface area contributed by atoms with Gasteiger partial charge in [-0.05, 0) is 13.3 Å². The fraction of sp³-hybridized carbons (Fsp3) is 0.600. The molecular formula is C10H16N2O3. The maximum Gasteiger partial charge on any atom is 0.273 e. The molecule has 0 radical (unpaired) electrons. The molecule has 0 aliphatic carbocycles. The number of carbonyl (C=O) groups is 1. The molecule has 84 valence electrons. The minimum atomic E-state index is -0.205. The zero-order valence-corrected chi connectivity index (χ0v) is 9.08. The second kappa shape index (κ2) is 6.19. The monoisotopic (exact) mass is 212 g/mol. The van der Waals surface area contributed by atoms with Crippen LogP contribution in [0.3, 0.4) is 0 Å². The van der Waals surface area contributed by atoms with Crippen molar-refractivity contribution in [2.24, 2.45) is 0 Å². The summed E-state index contributed by atoms with van der Waals surface area (Å²) in [7, 11) is 0. The van der Waals surface area contributed by atoms with E-state index in [4.69, 9.17) is 9.15 Å². The van der Waals surface area contributed by atoms with Crippen LogP contribution in [0.1, 0.15) is 29.7 Å². The van der Waals surface area contributed by atoms with E-state index in [1.165, 1.54) is 6.26 Å². The van der Waals surface area contributed by atoms with Crippen LogP contribution in [0.2, 0.25) is 0 Å². The highest BCUT2D eigenvalue weighted by Crippen LogP contribution is 1.99. The van der Waals surface area contributed by atoms with E-state index < -0.39 is 0 Å². The Morgan fingerprint density at radius 1 is 1.67 bits per heavy atom. The summed E-state index contributed by atoms with van der Waals surface area (Å²) in [6.07, 6.45) is 2.16. The normalized spacial score (nSPS) is 10.3. The number of aryl methyl sites for hydroxylation is 1. The van der Waals surface area contributed by atoms with Crippen LogP contribution in [0.5, 0.6) is 0 Å². The van der Waals surface area contributed by atoms with Gasteiger partial charge in [-0.3, -0.25) is 4.79 Å². The highest BCUT2D eigenvalue weighted by Gasteiger charge is 2.08. The van der Waals surface area contributed by atoms with Gasteiger partial charge in [-0.25, -0.2) is 4.98 Å². The van der Waals surface area contributed by atoms with E-state index in [9.17, 15) is 4.79 Å². The summed E-state index contributed by atoms with van der Waals surface area (Å²) in [4.78, 5) is 15.3. The van der Waals surface area contributed by atoms with Crippen molar-refractivity contribution >= 4 is 5.91 Å². The SMILES string of the molecule is CCOCCCNC(=O)c1coc(C)n1. The second-order valence-electron chi connectivity index (χ2n) is 3.06. The highest BCUT2D eigenvalue weighted by atomic mass is 16.5. The smallest absolute Gasteiger partial charge is 0.273 e. The number of carbonyl (C=O) groups excluding carboxylic acids is 1. The molecular weight excluding hydrogens is 196 g/mol. The number of rotatable bonds is 6. The second-order valence-corrected chi connectivity index (χ2v) is 3.06. The molecule has 0 aliphatic rings. The quantitative estimate of drug-likeness (QED) is 0.718. The maximum absolute atomic E-state index is 11.4. The number of aromatic nitrogens is 1. The van der Waals surface area contributed by atoms with Crippen molar-refractivity contribution in [3.8, 4) is 0 Å². The third-order valence-corrected chi connectivity index (χ3v) is 1.81. The predicted molar refractivity (Wildman–Crippen MR) is 54.7 cm³/mol. The first-order valence-corrected chi connectivity index (χ1v) is 5.02. The number of hydrogen-bond acceptors (Lipinski definition) is 4. The summed E-state index contributed by atoms with van der Waals surface area (Å²) in [6, 6.07) is 0. The Bertz CT molecular complexity index is 309. The Labute approximate surface area is 88.8 Å². The summed E-state index contributed by atoms with van der Waals surface area (Å²) in [6.45, 7) is 5.60. The van der Waals surface area contributed by atoms with Crippen molar-refractivity contribution in [1.29, 1.82) is 0 Å². The molecule has 0 aliphatic heterocycles. The minimum absolute atomic E-state index is 0.205. The van der Waals surface area contributed by atoms with Gasteiger partial charge in [0.25, 0.3) is 5.91 Å². The molecule has 1 rings (SSSR count). The molecule has 1 N–H and O–H groups in total. The lowest BCUT2D eigenvalue weighted by Crippen LogP contribution is -2.25. The Morgan fingerprint density at radius 3 is 3.07 bits per heavy atom. The molecule has 0 saturated carbocycles. The Morgan fingerprint density at radius 2 is 2.47 bits per heavy atom. The summed E-state index contributed by atoms with van der Waals surface area (Å²) in [5.74, 6) is 0.290. The van der Waals surface area contributed by atoms with E-state index in [0.717, 1.165) is 6.42 Å². The van der Waals surface area contributed by atoms with Crippen LogP contribution in [0.25, 0.3) is 0 Å². The minimum Gasteiger partial charge on any atom is -0.448 e. The fourth-order valence-electron chi connectivity index (χ4n) is 1.08. The number of oxazole rings is 1. The van der Waals surface area contributed by atoms with E-state index in [1.54, 1.807) is 6.92 Å². The summed E-state index contributed by atoms with van der Waals surface area (Å²) < 4.78 is 10.1. The highest BCUT2D eigenvalue weighted by molar-refractivity contribution is 5.91. The van der Waals surface area contributed by atoms with Gasteiger partial charge < -0.3 is 14.5 Å². The molecule has 15 heavy (non-hydrogen) atoms. The Hall–Kier alpha value is -1.36. The van der Waals surface area contributed by atoms with Crippen molar-refractivity contribution in [2.75, 3.05) is 19.8 Å². The van der Waals surface area contributed by atoms with Gasteiger partial charge in [-0.1, -0.05) is 0 Å². The van der Waals surface area contributed by atoms with Gasteiger partial charge in [0.2, 0.25) is 0 Å². The molecule has 0 spiro atoms. The lowest BCUT2D eigenvalue weighted by molar-refractivity contribution is 0.0939. The molecule has 0 bridgehead atoms. The topological polar surface area (TPSA) is 64.4 Å². The van der Waals surface area contributed by atoms with Crippen LogP contribution in [-0.4, -0.2) is 30.6 Å². The van der Waals surface area contributed by atoms with Crippen LogP contribution in [0, 0.1) is 6.92 Å². The van der Waals surface area contributed by atoms with Crippen molar-refractivity contribution < 1.29 is 13.9 Å². The lowest BCUT2D eigenvalue weighted by atomic mass is 10.4. The number of nitrogens with zero attached hydrogens (tertiary/aromatic N) is 1. The van der Waals surface area contributed by atoms with E-state index in [0.29, 0.717) is 31.3 Å². The average Bonchev–Trinajstić information content (AvgIpc) is 2.64. The van der Waals surface area contributed by atoms with E-state index in [1.807, 2.05) is 6.92 Å². The van der Waals surface area contributed by atoms with Crippen LogP contribution in [0.4, 0.5) is 0 Å². The van der Waals surface area contributed by atoms with Crippen molar-refractivity contribution in [3.63, 3.8) is 0 Å². The van der Waals surface area contributed by atoms with Crippen LogP contribution in [-0.2, 0) is 4.74 Å². The molecule has 1 amide bonds. The average molecular weight is 212 g/mol. The van der Waals surface area contributed by atoms with Gasteiger partial charge in [0, 0.05) is 26.7 Å². The first-order valence-electron chi connectivity index (χ1n) is 5.02. The van der Waals surface area contributed by atoms with Crippen molar-refractivity contribution in [3.05, 3.63) is 17.8 Å². The van der Waals surface area contributed by atoms with Gasteiger partial charge in [-0.15, -0.1) is 0 Å². The molecule has 0 atom stereocenters. The number of hydrogen-bond donors (Lipinski definition) is 1. The van der Waals surface area contributed by atoms with Crippen molar-refractivity contribution in [2.45, 2.75) is 20.3 Å². The first kappa shape index (κ1) is 11.7. The van der Waals surface area contributed by atoms with Gasteiger partial charge in [0.15, 0.2) is 11.6 Å². The van der Waals surface area contributed by atoms with Crippen LogP contribution in [0.15, 0.2) is 10.7 Å². The lowest BCUT2D eigenvalue weighted by Gasteiger charge is -2.02. The van der Waals surface area contributed by atoms with E-state index >= 15 is 0 Å². The molecule has 1 heterocycles. The zero-order valence-electron chi connectivity index (χ0n) is 9.08. The van der Waals surface area contributed by atoms with Crippen molar-refractivity contribution in [1.82, 2.24) is 10.3 Å². The fourth-order valence-corrected chi connectivity index (χ4v) is 1.08. The number of ether oxygens (including phenoxy) is 1. The molecule has 0 fully saturated rings. The largest absolute Gasteiger partial charge is 0.448 e. The van der Waals surface area contributed by atoms with Crippen LogP contribution < -0.4 is 5.32 Å².